The summed E-state index contributed by atoms with van der Waals surface area (Å²) in [5, 5.41) is 5.90. The fraction of sp³-hybridized carbons (Fsp3) is 0.200. The molecular formula is C20H21N5O2. The molecule has 7 nitrogen and oxygen atoms in total. The summed E-state index contributed by atoms with van der Waals surface area (Å²) >= 11 is 0. The van der Waals surface area contributed by atoms with Crippen LogP contribution >= 0.6 is 0 Å². The summed E-state index contributed by atoms with van der Waals surface area (Å²) in [6.07, 6.45) is 5.06. The lowest BCUT2D eigenvalue weighted by Gasteiger charge is -2.11. The van der Waals surface area contributed by atoms with Crippen molar-refractivity contribution in [3.63, 3.8) is 0 Å². The van der Waals surface area contributed by atoms with E-state index in [1.807, 2.05) is 50.2 Å². The van der Waals surface area contributed by atoms with Gasteiger partial charge in [0, 0.05) is 30.8 Å². The summed E-state index contributed by atoms with van der Waals surface area (Å²) in [5.41, 5.74) is 2.01. The lowest BCUT2D eigenvalue weighted by atomic mass is 10.3. The van der Waals surface area contributed by atoms with E-state index < -0.39 is 0 Å². The maximum Gasteiger partial charge on any atom is 0.270 e. The minimum absolute atomic E-state index is 0.119. The standard InChI is InChI=1S/C20H21N5O2/c1-14(2)27-17-7-5-16(6-8-17)24-20-22-11-9-18(25-20)19(26)23-13-15-4-3-10-21-12-15/h3-12,14H,13H2,1-2H3,(H,23,26)(H,22,24,25). The lowest BCUT2D eigenvalue weighted by molar-refractivity contribution is 0.0946. The lowest BCUT2D eigenvalue weighted by Crippen LogP contribution is -2.24. The van der Waals surface area contributed by atoms with E-state index in [1.54, 1.807) is 24.7 Å². The number of nitrogens with one attached hydrogen (secondary N) is 2. The van der Waals surface area contributed by atoms with Crippen molar-refractivity contribution in [3.8, 4) is 5.75 Å². The van der Waals surface area contributed by atoms with Gasteiger partial charge in [-0.2, -0.15) is 0 Å². The van der Waals surface area contributed by atoms with Gasteiger partial charge in [0.2, 0.25) is 5.95 Å². The second-order valence-electron chi connectivity index (χ2n) is 6.13. The topological polar surface area (TPSA) is 89.0 Å². The van der Waals surface area contributed by atoms with Crippen LogP contribution in [0.1, 0.15) is 29.9 Å². The number of anilines is 2. The van der Waals surface area contributed by atoms with Gasteiger partial charge in [-0.15, -0.1) is 0 Å². The Balaban J connectivity index is 1.62. The van der Waals surface area contributed by atoms with Gasteiger partial charge in [0.15, 0.2) is 0 Å². The summed E-state index contributed by atoms with van der Waals surface area (Å²) < 4.78 is 5.62. The van der Waals surface area contributed by atoms with Crippen LogP contribution in [0.15, 0.2) is 61.1 Å². The summed E-state index contributed by atoms with van der Waals surface area (Å²) in [6.45, 7) is 4.34. The van der Waals surface area contributed by atoms with E-state index >= 15 is 0 Å². The molecule has 7 heteroatoms. The Bertz CT molecular complexity index is 882. The van der Waals surface area contributed by atoms with Crippen LogP contribution in [0.5, 0.6) is 5.75 Å². The Hall–Kier alpha value is -3.48. The maximum absolute atomic E-state index is 12.3. The third-order valence-corrected chi connectivity index (χ3v) is 3.55. The highest BCUT2D eigenvalue weighted by molar-refractivity contribution is 5.92. The number of rotatable bonds is 7. The molecule has 0 saturated carbocycles. The first-order valence-electron chi connectivity index (χ1n) is 8.64. The van der Waals surface area contributed by atoms with Crippen molar-refractivity contribution < 1.29 is 9.53 Å². The first kappa shape index (κ1) is 18.3. The predicted molar refractivity (Wildman–Crippen MR) is 103 cm³/mol. The summed E-state index contributed by atoms with van der Waals surface area (Å²) in [7, 11) is 0. The highest BCUT2D eigenvalue weighted by Gasteiger charge is 2.09. The summed E-state index contributed by atoms with van der Waals surface area (Å²) in [6, 6.07) is 12.8. The highest BCUT2D eigenvalue weighted by Crippen LogP contribution is 2.19. The van der Waals surface area contributed by atoms with Gasteiger partial charge in [-0.1, -0.05) is 6.07 Å². The number of pyridine rings is 1. The Morgan fingerprint density at radius 1 is 1.11 bits per heavy atom. The molecule has 0 radical (unpaired) electrons. The van der Waals surface area contributed by atoms with Gasteiger partial charge in [-0.05, 0) is 55.8 Å². The number of hydrogen-bond donors (Lipinski definition) is 2. The van der Waals surface area contributed by atoms with Gasteiger partial charge < -0.3 is 15.4 Å². The minimum Gasteiger partial charge on any atom is -0.491 e. The molecule has 138 valence electrons. The SMILES string of the molecule is CC(C)Oc1ccc(Nc2nccc(C(=O)NCc3cccnc3)n2)cc1. The molecule has 1 amide bonds. The van der Waals surface area contributed by atoms with Crippen molar-refractivity contribution in [1.29, 1.82) is 0 Å². The predicted octanol–water partition coefficient (Wildman–Crippen LogP) is 3.33. The normalized spacial score (nSPS) is 10.5. The number of amides is 1. The molecule has 0 aliphatic heterocycles. The van der Waals surface area contributed by atoms with Crippen LogP contribution in [-0.4, -0.2) is 27.0 Å². The molecule has 27 heavy (non-hydrogen) atoms. The van der Waals surface area contributed by atoms with Gasteiger partial charge in [0.05, 0.1) is 6.10 Å². The van der Waals surface area contributed by atoms with E-state index in [0.29, 0.717) is 12.5 Å². The molecule has 2 aromatic heterocycles. The van der Waals surface area contributed by atoms with E-state index in [0.717, 1.165) is 17.0 Å². The summed E-state index contributed by atoms with van der Waals surface area (Å²) in [5.74, 6) is 0.867. The Labute approximate surface area is 157 Å². The van der Waals surface area contributed by atoms with Crippen molar-refractivity contribution in [2.75, 3.05) is 5.32 Å². The molecule has 2 heterocycles. The molecule has 0 saturated heterocycles. The number of aromatic nitrogens is 3. The molecule has 0 aliphatic rings. The zero-order valence-corrected chi connectivity index (χ0v) is 15.2. The number of ether oxygens (including phenoxy) is 1. The number of benzene rings is 1. The molecule has 0 aliphatic carbocycles. The molecule has 0 spiro atoms. The highest BCUT2D eigenvalue weighted by atomic mass is 16.5. The Kier molecular flexibility index (Phi) is 5.94. The molecule has 0 atom stereocenters. The van der Waals surface area contributed by atoms with Crippen molar-refractivity contribution in [2.24, 2.45) is 0 Å². The second kappa shape index (κ2) is 8.75. The van der Waals surface area contributed by atoms with Gasteiger partial charge >= 0.3 is 0 Å². The van der Waals surface area contributed by atoms with E-state index in [2.05, 4.69) is 25.6 Å². The average Bonchev–Trinajstić information content (AvgIpc) is 2.68. The molecule has 0 unspecified atom stereocenters. The Morgan fingerprint density at radius 2 is 1.93 bits per heavy atom. The number of carbonyl (C=O) groups excluding carboxylic acids is 1. The van der Waals surface area contributed by atoms with Crippen LogP contribution in [0.3, 0.4) is 0 Å². The van der Waals surface area contributed by atoms with Gasteiger partial charge in [-0.25, -0.2) is 9.97 Å². The van der Waals surface area contributed by atoms with E-state index in [9.17, 15) is 4.79 Å². The minimum atomic E-state index is -0.273. The molecule has 0 fully saturated rings. The van der Waals surface area contributed by atoms with Crippen LogP contribution in [0, 0.1) is 0 Å². The molecule has 1 aromatic carbocycles. The van der Waals surface area contributed by atoms with Crippen LogP contribution in [0.4, 0.5) is 11.6 Å². The largest absolute Gasteiger partial charge is 0.491 e. The van der Waals surface area contributed by atoms with Crippen molar-refractivity contribution in [2.45, 2.75) is 26.5 Å². The van der Waals surface area contributed by atoms with Crippen molar-refractivity contribution >= 4 is 17.5 Å². The fourth-order valence-electron chi connectivity index (χ4n) is 2.34. The summed E-state index contributed by atoms with van der Waals surface area (Å²) in [4.78, 5) is 24.8. The van der Waals surface area contributed by atoms with E-state index in [1.165, 1.54) is 0 Å². The molecule has 3 rings (SSSR count). The zero-order valence-electron chi connectivity index (χ0n) is 15.2. The van der Waals surface area contributed by atoms with Crippen molar-refractivity contribution in [3.05, 3.63) is 72.3 Å². The van der Waals surface area contributed by atoms with E-state index in [4.69, 9.17) is 4.74 Å². The fourth-order valence-corrected chi connectivity index (χ4v) is 2.34. The number of hydrogen-bond acceptors (Lipinski definition) is 6. The van der Waals surface area contributed by atoms with Crippen LogP contribution in [-0.2, 0) is 6.54 Å². The first-order valence-corrected chi connectivity index (χ1v) is 8.64. The second-order valence-corrected chi connectivity index (χ2v) is 6.13. The van der Waals surface area contributed by atoms with Gasteiger partial charge in [0.25, 0.3) is 5.91 Å². The molecule has 2 N–H and O–H groups in total. The maximum atomic E-state index is 12.3. The smallest absolute Gasteiger partial charge is 0.270 e. The molecule has 0 bridgehead atoms. The molecular weight excluding hydrogens is 342 g/mol. The monoisotopic (exact) mass is 363 g/mol. The number of nitrogens with zero attached hydrogens (tertiary/aromatic N) is 3. The van der Waals surface area contributed by atoms with Crippen molar-refractivity contribution in [1.82, 2.24) is 20.3 Å². The van der Waals surface area contributed by atoms with Crippen LogP contribution in [0.25, 0.3) is 0 Å². The van der Waals surface area contributed by atoms with Crippen LogP contribution in [0.2, 0.25) is 0 Å². The van der Waals surface area contributed by atoms with Gasteiger partial charge in [0.1, 0.15) is 11.4 Å². The molecule has 3 aromatic rings. The third kappa shape index (κ3) is 5.50. The quantitative estimate of drug-likeness (QED) is 0.669. The third-order valence-electron chi connectivity index (χ3n) is 3.55. The number of carbonyl (C=O) groups is 1. The van der Waals surface area contributed by atoms with E-state index in [-0.39, 0.29) is 17.7 Å². The average molecular weight is 363 g/mol. The van der Waals surface area contributed by atoms with Crippen LogP contribution < -0.4 is 15.4 Å². The Morgan fingerprint density at radius 3 is 2.63 bits per heavy atom. The zero-order chi connectivity index (χ0) is 19.1. The first-order chi connectivity index (χ1) is 13.1. The van der Waals surface area contributed by atoms with Gasteiger partial charge in [-0.3, -0.25) is 9.78 Å².